The Bertz CT molecular complexity index is 361. The van der Waals surface area contributed by atoms with E-state index in [1.165, 1.54) is 6.07 Å². The van der Waals surface area contributed by atoms with Gasteiger partial charge in [0.1, 0.15) is 5.56 Å². The monoisotopic (exact) mass is 181 g/mol. The summed E-state index contributed by atoms with van der Waals surface area (Å²) in [5, 5.41) is 8.53. The van der Waals surface area contributed by atoms with E-state index in [1.807, 2.05) is 0 Å². The lowest BCUT2D eigenvalue weighted by Crippen LogP contribution is -2.03. The highest BCUT2D eigenvalue weighted by molar-refractivity contribution is 5.87. The molecule has 68 valence electrons. The van der Waals surface area contributed by atoms with E-state index in [2.05, 4.69) is 4.98 Å². The number of pyridine rings is 1. The minimum Gasteiger partial charge on any atom is -0.478 e. The van der Waals surface area contributed by atoms with E-state index in [4.69, 9.17) is 5.11 Å². The van der Waals surface area contributed by atoms with Crippen LogP contribution in [-0.4, -0.2) is 16.1 Å². The van der Waals surface area contributed by atoms with Crippen molar-refractivity contribution in [2.24, 2.45) is 0 Å². The molecule has 1 heterocycles. The van der Waals surface area contributed by atoms with Crippen LogP contribution in [0.3, 0.4) is 0 Å². The van der Waals surface area contributed by atoms with Crippen molar-refractivity contribution < 1.29 is 14.3 Å². The largest absolute Gasteiger partial charge is 0.478 e. The molecule has 0 saturated heterocycles. The number of aromatic nitrogens is 1. The van der Waals surface area contributed by atoms with Crippen molar-refractivity contribution in [3.05, 3.63) is 29.3 Å². The molecule has 4 heteroatoms. The first kappa shape index (κ1) is 8.16. The van der Waals surface area contributed by atoms with Gasteiger partial charge in [0, 0.05) is 11.6 Å². The van der Waals surface area contributed by atoms with Crippen LogP contribution in [-0.2, 0) is 0 Å². The maximum atomic E-state index is 13.0. The van der Waals surface area contributed by atoms with Crippen LogP contribution in [0.5, 0.6) is 0 Å². The summed E-state index contributed by atoms with van der Waals surface area (Å²) in [6.07, 6.45) is 2.05. The number of rotatable bonds is 2. The molecule has 3 nitrogen and oxygen atoms in total. The fourth-order valence-electron chi connectivity index (χ4n) is 1.21. The van der Waals surface area contributed by atoms with Crippen LogP contribution in [0.1, 0.15) is 34.8 Å². The van der Waals surface area contributed by atoms with Crippen molar-refractivity contribution >= 4 is 5.97 Å². The molecule has 0 spiro atoms. The van der Waals surface area contributed by atoms with Gasteiger partial charge in [0.15, 0.2) is 0 Å². The van der Waals surface area contributed by atoms with E-state index in [0.29, 0.717) is 11.6 Å². The minimum absolute atomic E-state index is 0.345. The Hall–Kier alpha value is -1.45. The standard InChI is InChI=1S/C9H8FNO2/c10-8-6(9(12)13)3-4-7(11-8)5-1-2-5/h3-5H,1-2H2,(H,12,13). The topological polar surface area (TPSA) is 50.2 Å². The highest BCUT2D eigenvalue weighted by Gasteiger charge is 2.26. The maximum Gasteiger partial charge on any atom is 0.340 e. The summed E-state index contributed by atoms with van der Waals surface area (Å²) in [7, 11) is 0. The molecule has 0 aromatic carbocycles. The number of nitrogens with zero attached hydrogens (tertiary/aromatic N) is 1. The number of hydrogen-bond acceptors (Lipinski definition) is 2. The Morgan fingerprint density at radius 3 is 2.69 bits per heavy atom. The molecule has 0 bridgehead atoms. The van der Waals surface area contributed by atoms with Crippen molar-refractivity contribution in [2.75, 3.05) is 0 Å². The molecular formula is C9H8FNO2. The van der Waals surface area contributed by atoms with Gasteiger partial charge in [-0.3, -0.25) is 0 Å². The molecule has 0 atom stereocenters. The van der Waals surface area contributed by atoms with E-state index < -0.39 is 11.9 Å². The van der Waals surface area contributed by atoms with Crippen molar-refractivity contribution in [3.8, 4) is 0 Å². The molecule has 2 rings (SSSR count). The lowest BCUT2D eigenvalue weighted by molar-refractivity contribution is 0.0690. The smallest absolute Gasteiger partial charge is 0.340 e. The summed E-state index contributed by atoms with van der Waals surface area (Å²) in [6.45, 7) is 0. The van der Waals surface area contributed by atoms with Gasteiger partial charge in [0.2, 0.25) is 5.95 Å². The zero-order chi connectivity index (χ0) is 9.42. The zero-order valence-electron chi connectivity index (χ0n) is 6.83. The van der Waals surface area contributed by atoms with Crippen molar-refractivity contribution in [1.82, 2.24) is 4.98 Å². The molecule has 1 aliphatic rings. The lowest BCUT2D eigenvalue weighted by Gasteiger charge is -1.99. The summed E-state index contributed by atoms with van der Waals surface area (Å²) in [6, 6.07) is 2.86. The second kappa shape index (κ2) is 2.80. The number of hydrogen-bond donors (Lipinski definition) is 1. The molecule has 0 aliphatic heterocycles. The number of carbonyl (C=O) groups is 1. The predicted octanol–water partition coefficient (Wildman–Crippen LogP) is 1.80. The first-order valence-corrected chi connectivity index (χ1v) is 4.08. The Morgan fingerprint density at radius 2 is 2.23 bits per heavy atom. The SMILES string of the molecule is O=C(O)c1ccc(C2CC2)nc1F. The van der Waals surface area contributed by atoms with Crippen LogP contribution in [0.2, 0.25) is 0 Å². The van der Waals surface area contributed by atoms with Gasteiger partial charge in [-0.25, -0.2) is 9.78 Å². The lowest BCUT2D eigenvalue weighted by atomic mass is 10.2. The van der Waals surface area contributed by atoms with E-state index >= 15 is 0 Å². The van der Waals surface area contributed by atoms with E-state index in [9.17, 15) is 9.18 Å². The Balaban J connectivity index is 2.36. The highest BCUT2D eigenvalue weighted by Crippen LogP contribution is 2.38. The van der Waals surface area contributed by atoms with Crippen LogP contribution >= 0.6 is 0 Å². The summed E-state index contributed by atoms with van der Waals surface area (Å²) < 4.78 is 13.0. The summed E-state index contributed by atoms with van der Waals surface area (Å²) >= 11 is 0. The van der Waals surface area contributed by atoms with Gasteiger partial charge in [0.25, 0.3) is 0 Å². The van der Waals surface area contributed by atoms with Crippen molar-refractivity contribution in [1.29, 1.82) is 0 Å². The van der Waals surface area contributed by atoms with Gasteiger partial charge in [-0.15, -0.1) is 0 Å². The van der Waals surface area contributed by atoms with Gasteiger partial charge < -0.3 is 5.11 Å². The van der Waals surface area contributed by atoms with Gasteiger partial charge in [-0.2, -0.15) is 4.39 Å². The third-order valence-corrected chi connectivity index (χ3v) is 2.10. The van der Waals surface area contributed by atoms with Crippen molar-refractivity contribution in [2.45, 2.75) is 18.8 Å². The van der Waals surface area contributed by atoms with E-state index in [1.54, 1.807) is 6.07 Å². The second-order valence-electron chi connectivity index (χ2n) is 3.15. The normalized spacial score (nSPS) is 15.8. The van der Waals surface area contributed by atoms with Crippen LogP contribution in [0, 0.1) is 5.95 Å². The predicted molar refractivity (Wildman–Crippen MR) is 43.1 cm³/mol. The molecule has 1 N–H and O–H groups in total. The first-order chi connectivity index (χ1) is 6.18. The molecule has 1 aromatic heterocycles. The Kier molecular flexibility index (Phi) is 1.76. The quantitative estimate of drug-likeness (QED) is 0.707. The molecule has 1 fully saturated rings. The molecule has 1 aromatic rings. The van der Waals surface area contributed by atoms with Gasteiger partial charge in [-0.05, 0) is 25.0 Å². The second-order valence-corrected chi connectivity index (χ2v) is 3.15. The number of carboxylic acid groups (broad SMARTS) is 1. The minimum atomic E-state index is -1.27. The summed E-state index contributed by atoms with van der Waals surface area (Å²) in [5.41, 5.74) is 0.312. The maximum absolute atomic E-state index is 13.0. The third kappa shape index (κ3) is 1.52. The van der Waals surface area contributed by atoms with Crippen LogP contribution < -0.4 is 0 Å². The van der Waals surface area contributed by atoms with Crippen LogP contribution in [0.25, 0.3) is 0 Å². The molecule has 0 radical (unpaired) electrons. The average Bonchev–Trinajstić information content (AvgIpc) is 2.85. The Labute approximate surface area is 74.2 Å². The number of carboxylic acids is 1. The average molecular weight is 181 g/mol. The fourth-order valence-corrected chi connectivity index (χ4v) is 1.21. The fraction of sp³-hybridized carbons (Fsp3) is 0.333. The van der Waals surface area contributed by atoms with Gasteiger partial charge in [0.05, 0.1) is 0 Å². The van der Waals surface area contributed by atoms with E-state index in [0.717, 1.165) is 12.8 Å². The number of halogens is 1. The molecular weight excluding hydrogens is 173 g/mol. The molecule has 0 unspecified atom stereocenters. The Morgan fingerprint density at radius 1 is 1.54 bits per heavy atom. The van der Waals surface area contributed by atoms with Crippen LogP contribution in [0.4, 0.5) is 4.39 Å². The van der Waals surface area contributed by atoms with E-state index in [-0.39, 0.29) is 5.56 Å². The van der Waals surface area contributed by atoms with Gasteiger partial charge >= 0.3 is 5.97 Å². The third-order valence-electron chi connectivity index (χ3n) is 2.10. The molecule has 1 saturated carbocycles. The summed E-state index contributed by atoms with van der Waals surface area (Å²) in [5.74, 6) is -1.80. The zero-order valence-corrected chi connectivity index (χ0v) is 6.83. The first-order valence-electron chi connectivity index (χ1n) is 4.08. The van der Waals surface area contributed by atoms with Crippen LogP contribution in [0.15, 0.2) is 12.1 Å². The molecule has 0 amide bonds. The summed E-state index contributed by atoms with van der Waals surface area (Å²) in [4.78, 5) is 14.0. The highest BCUT2D eigenvalue weighted by atomic mass is 19.1. The number of aromatic carboxylic acids is 1. The molecule has 1 aliphatic carbocycles. The van der Waals surface area contributed by atoms with Crippen molar-refractivity contribution in [3.63, 3.8) is 0 Å². The molecule has 13 heavy (non-hydrogen) atoms. The van der Waals surface area contributed by atoms with Gasteiger partial charge in [-0.1, -0.05) is 0 Å².